The number of benzene rings is 2. The van der Waals surface area contributed by atoms with E-state index in [0.717, 1.165) is 56.2 Å². The van der Waals surface area contributed by atoms with Gasteiger partial charge in [0.05, 0.1) is 30.9 Å². The van der Waals surface area contributed by atoms with Crippen LogP contribution in [0.4, 0.5) is 18.9 Å². The van der Waals surface area contributed by atoms with Crippen molar-refractivity contribution in [1.29, 1.82) is 0 Å². The third-order valence-electron chi connectivity index (χ3n) is 5.75. The van der Waals surface area contributed by atoms with E-state index < -0.39 is 17.6 Å². The first-order valence-electron chi connectivity index (χ1n) is 11.3. The Hall–Kier alpha value is -3.37. The molecule has 0 atom stereocenters. The van der Waals surface area contributed by atoms with E-state index in [0.29, 0.717) is 18.0 Å². The number of carbonyl (C=O) groups excluding carboxylic acids is 1. The van der Waals surface area contributed by atoms with Crippen molar-refractivity contribution in [3.8, 4) is 17.0 Å². The maximum absolute atomic E-state index is 13.0. The molecular weight excluding hydrogens is 461 g/mol. The number of nitrogens with zero attached hydrogens (tertiary/aromatic N) is 3. The van der Waals surface area contributed by atoms with Crippen LogP contribution in [0.5, 0.6) is 5.75 Å². The smallest absolute Gasteiger partial charge is 0.416 e. The lowest BCUT2D eigenvalue weighted by atomic mass is 10.1. The number of hydrogen-bond donors (Lipinski definition) is 1. The lowest BCUT2D eigenvalue weighted by molar-refractivity contribution is -0.137. The lowest BCUT2D eigenvalue weighted by Crippen LogP contribution is -2.38. The molecule has 1 saturated heterocycles. The Labute approximate surface area is 201 Å². The van der Waals surface area contributed by atoms with E-state index in [2.05, 4.69) is 15.3 Å². The van der Waals surface area contributed by atoms with Crippen LogP contribution in [0.15, 0.2) is 54.7 Å². The normalized spacial score (nSPS) is 14.6. The molecule has 0 spiro atoms. The SMILES string of the molecule is Cn1nccc1-c1cc(NC(=O)Cc2cccc(C(F)(F)F)c2)ccc1OCCN1CCOCC1. The van der Waals surface area contributed by atoms with Crippen molar-refractivity contribution in [3.05, 3.63) is 65.9 Å². The highest BCUT2D eigenvalue weighted by molar-refractivity contribution is 5.93. The van der Waals surface area contributed by atoms with E-state index >= 15 is 0 Å². The Morgan fingerprint density at radius 2 is 1.94 bits per heavy atom. The number of aromatic nitrogens is 2. The van der Waals surface area contributed by atoms with Crippen LogP contribution >= 0.6 is 0 Å². The van der Waals surface area contributed by atoms with Crippen molar-refractivity contribution in [1.82, 2.24) is 14.7 Å². The van der Waals surface area contributed by atoms with E-state index in [1.54, 1.807) is 29.1 Å². The summed E-state index contributed by atoms with van der Waals surface area (Å²) >= 11 is 0. The molecule has 0 saturated carbocycles. The minimum absolute atomic E-state index is 0.178. The van der Waals surface area contributed by atoms with Crippen LogP contribution in [0.3, 0.4) is 0 Å². The Kier molecular flexibility index (Phi) is 7.72. The highest BCUT2D eigenvalue weighted by Gasteiger charge is 2.30. The summed E-state index contributed by atoms with van der Waals surface area (Å²) in [6.45, 7) is 4.43. The van der Waals surface area contributed by atoms with Crippen molar-refractivity contribution in [2.24, 2.45) is 7.05 Å². The highest BCUT2D eigenvalue weighted by Crippen LogP contribution is 2.33. The van der Waals surface area contributed by atoms with Gasteiger partial charge in [-0.25, -0.2) is 0 Å². The van der Waals surface area contributed by atoms with Crippen LogP contribution < -0.4 is 10.1 Å². The van der Waals surface area contributed by atoms with Crippen molar-refractivity contribution in [2.75, 3.05) is 44.8 Å². The van der Waals surface area contributed by atoms with Gasteiger partial charge in [-0.05, 0) is 35.9 Å². The molecule has 0 bridgehead atoms. The molecule has 2 aromatic carbocycles. The Balaban J connectivity index is 1.46. The highest BCUT2D eigenvalue weighted by atomic mass is 19.4. The molecule has 35 heavy (non-hydrogen) atoms. The van der Waals surface area contributed by atoms with Gasteiger partial charge in [-0.15, -0.1) is 0 Å². The van der Waals surface area contributed by atoms with Gasteiger partial charge in [0.2, 0.25) is 5.91 Å². The first-order valence-corrected chi connectivity index (χ1v) is 11.3. The van der Waals surface area contributed by atoms with Gasteiger partial charge in [0.25, 0.3) is 0 Å². The second-order valence-electron chi connectivity index (χ2n) is 8.28. The zero-order valence-corrected chi connectivity index (χ0v) is 19.3. The average Bonchev–Trinajstić information content (AvgIpc) is 3.26. The van der Waals surface area contributed by atoms with Crippen molar-refractivity contribution in [2.45, 2.75) is 12.6 Å². The predicted molar refractivity (Wildman–Crippen MR) is 125 cm³/mol. The zero-order chi connectivity index (χ0) is 24.8. The Morgan fingerprint density at radius 1 is 1.14 bits per heavy atom. The van der Waals surface area contributed by atoms with E-state index in [-0.39, 0.29) is 12.0 Å². The summed E-state index contributed by atoms with van der Waals surface area (Å²) in [6, 6.07) is 11.9. The fraction of sp³-hybridized carbons (Fsp3) is 0.360. The number of ether oxygens (including phenoxy) is 2. The predicted octanol–water partition coefficient (Wildman–Crippen LogP) is 4.00. The summed E-state index contributed by atoms with van der Waals surface area (Å²) in [6.07, 6.45) is -2.96. The number of alkyl halides is 3. The van der Waals surface area contributed by atoms with Gasteiger partial charge in [0, 0.05) is 44.1 Å². The molecule has 1 aliphatic rings. The summed E-state index contributed by atoms with van der Waals surface area (Å²) in [5.74, 6) is 0.235. The topological polar surface area (TPSA) is 68.6 Å². The van der Waals surface area contributed by atoms with Crippen molar-refractivity contribution < 1.29 is 27.4 Å². The molecule has 0 radical (unpaired) electrons. The van der Waals surface area contributed by atoms with E-state index in [1.165, 1.54) is 12.1 Å². The van der Waals surface area contributed by atoms with Gasteiger partial charge < -0.3 is 14.8 Å². The summed E-state index contributed by atoms with van der Waals surface area (Å²) in [5.41, 5.74) is 1.58. The van der Waals surface area contributed by atoms with Crippen LogP contribution in [0, 0.1) is 0 Å². The van der Waals surface area contributed by atoms with Crippen molar-refractivity contribution in [3.63, 3.8) is 0 Å². The molecule has 1 amide bonds. The van der Waals surface area contributed by atoms with E-state index in [1.807, 2.05) is 13.1 Å². The average molecular weight is 489 g/mol. The maximum atomic E-state index is 13.0. The third-order valence-corrected chi connectivity index (χ3v) is 5.75. The fourth-order valence-electron chi connectivity index (χ4n) is 3.93. The molecule has 4 rings (SSSR count). The molecule has 186 valence electrons. The molecule has 0 aliphatic carbocycles. The summed E-state index contributed by atoms with van der Waals surface area (Å²) in [4.78, 5) is 14.9. The van der Waals surface area contributed by atoms with Gasteiger partial charge in [-0.3, -0.25) is 14.4 Å². The molecule has 1 N–H and O–H groups in total. The third kappa shape index (κ3) is 6.61. The zero-order valence-electron chi connectivity index (χ0n) is 19.3. The number of aryl methyl sites for hydroxylation is 1. The summed E-state index contributed by atoms with van der Waals surface area (Å²) in [5, 5.41) is 7.00. The molecule has 0 unspecified atom stereocenters. The van der Waals surface area contributed by atoms with E-state index in [9.17, 15) is 18.0 Å². The lowest BCUT2D eigenvalue weighted by Gasteiger charge is -2.26. The van der Waals surface area contributed by atoms with Crippen LogP contribution in [-0.2, 0) is 29.2 Å². The summed E-state index contributed by atoms with van der Waals surface area (Å²) < 4.78 is 52.1. The number of morpholine rings is 1. The Morgan fingerprint density at radius 3 is 2.66 bits per heavy atom. The van der Waals surface area contributed by atoms with Crippen LogP contribution in [0.1, 0.15) is 11.1 Å². The first kappa shape index (κ1) is 24.7. The number of anilines is 1. The van der Waals surface area contributed by atoms with Gasteiger partial charge >= 0.3 is 6.18 Å². The van der Waals surface area contributed by atoms with Gasteiger partial charge in [0.15, 0.2) is 0 Å². The molecule has 1 aromatic heterocycles. The molecule has 10 heteroatoms. The largest absolute Gasteiger partial charge is 0.492 e. The molecule has 7 nitrogen and oxygen atoms in total. The first-order chi connectivity index (χ1) is 16.8. The second kappa shape index (κ2) is 10.9. The van der Waals surface area contributed by atoms with Crippen LogP contribution in [0.25, 0.3) is 11.3 Å². The number of amides is 1. The summed E-state index contributed by atoms with van der Waals surface area (Å²) in [7, 11) is 1.81. The van der Waals surface area contributed by atoms with Gasteiger partial charge in [0.1, 0.15) is 12.4 Å². The van der Waals surface area contributed by atoms with Crippen molar-refractivity contribution >= 4 is 11.6 Å². The number of nitrogens with one attached hydrogen (secondary N) is 1. The minimum Gasteiger partial charge on any atom is -0.492 e. The maximum Gasteiger partial charge on any atom is 0.416 e. The molecule has 2 heterocycles. The van der Waals surface area contributed by atoms with Gasteiger partial charge in [-0.2, -0.15) is 18.3 Å². The van der Waals surface area contributed by atoms with Gasteiger partial charge in [-0.1, -0.05) is 18.2 Å². The van der Waals surface area contributed by atoms with Crippen LogP contribution in [0.2, 0.25) is 0 Å². The second-order valence-corrected chi connectivity index (χ2v) is 8.28. The molecule has 3 aromatic rings. The molecule has 1 fully saturated rings. The number of carbonyl (C=O) groups is 1. The fourth-order valence-corrected chi connectivity index (χ4v) is 3.93. The molecular formula is C25H27F3N4O3. The minimum atomic E-state index is -4.46. The number of hydrogen-bond acceptors (Lipinski definition) is 5. The Bertz CT molecular complexity index is 1160. The monoisotopic (exact) mass is 488 g/mol. The van der Waals surface area contributed by atoms with Crippen LogP contribution in [-0.4, -0.2) is 60.0 Å². The quantitative estimate of drug-likeness (QED) is 0.519. The number of rotatable bonds is 8. The number of halogens is 3. The molecule has 1 aliphatic heterocycles. The van der Waals surface area contributed by atoms with E-state index in [4.69, 9.17) is 9.47 Å². The standard InChI is InChI=1S/C25H27F3N4O3/c1-31-22(7-8-29-31)21-17-20(5-6-23(21)35-14-11-32-9-12-34-13-10-32)30-24(33)16-18-3-2-4-19(15-18)25(26,27)28/h2-8,15,17H,9-14,16H2,1H3,(H,30,33).